The molecule has 0 heterocycles. The summed E-state index contributed by atoms with van der Waals surface area (Å²) < 4.78 is 0. The van der Waals surface area contributed by atoms with Crippen molar-refractivity contribution in [2.24, 2.45) is 0 Å². The van der Waals surface area contributed by atoms with Crippen LogP contribution >= 0.6 is 0 Å². The molecule has 0 bridgehead atoms. The molecule has 1 aromatic rings. The van der Waals surface area contributed by atoms with Crippen molar-refractivity contribution in [2.75, 3.05) is 0 Å². The van der Waals surface area contributed by atoms with E-state index in [0.29, 0.717) is 6.42 Å². The van der Waals surface area contributed by atoms with Crippen LogP contribution in [0.25, 0.3) is 0 Å². The summed E-state index contributed by atoms with van der Waals surface area (Å²) in [5, 5.41) is 2.59. The smallest absolute Gasteiger partial charge is 0.217 e. The van der Waals surface area contributed by atoms with Gasteiger partial charge in [0.25, 0.3) is 0 Å². The van der Waals surface area contributed by atoms with Gasteiger partial charge < -0.3 is 10.1 Å². The maximum absolute atomic E-state index is 10.8. The van der Waals surface area contributed by atoms with Crippen LogP contribution in [0.4, 0.5) is 0 Å². The molecule has 0 saturated carbocycles. The SMILES string of the molecule is CC(=O)N[C@H](C=O)CCc1ccccc1. The first-order valence-corrected chi connectivity index (χ1v) is 4.98. The molecule has 15 heavy (non-hydrogen) atoms. The first-order valence-electron chi connectivity index (χ1n) is 4.98. The number of nitrogens with one attached hydrogen (secondary N) is 1. The van der Waals surface area contributed by atoms with Crippen molar-refractivity contribution in [3.63, 3.8) is 0 Å². The fourth-order valence-corrected chi connectivity index (χ4v) is 1.40. The monoisotopic (exact) mass is 205 g/mol. The van der Waals surface area contributed by atoms with E-state index in [1.165, 1.54) is 12.5 Å². The summed E-state index contributed by atoms with van der Waals surface area (Å²) in [6.45, 7) is 1.42. The fourth-order valence-electron chi connectivity index (χ4n) is 1.40. The topological polar surface area (TPSA) is 46.2 Å². The Bertz CT molecular complexity index is 322. The highest BCUT2D eigenvalue weighted by Gasteiger charge is 2.07. The van der Waals surface area contributed by atoms with Crippen molar-refractivity contribution in [1.29, 1.82) is 0 Å². The lowest BCUT2D eigenvalue weighted by atomic mass is 10.1. The van der Waals surface area contributed by atoms with Gasteiger partial charge in [-0.1, -0.05) is 30.3 Å². The van der Waals surface area contributed by atoms with Crippen molar-refractivity contribution < 1.29 is 9.59 Å². The molecule has 0 fully saturated rings. The van der Waals surface area contributed by atoms with E-state index < -0.39 is 0 Å². The minimum Gasteiger partial charge on any atom is -0.347 e. The molecule has 0 aliphatic rings. The number of carbonyl (C=O) groups excluding carboxylic acids is 2. The Kier molecular flexibility index (Phi) is 4.54. The molecule has 0 saturated heterocycles. The van der Waals surface area contributed by atoms with E-state index in [2.05, 4.69) is 5.32 Å². The molecule has 1 rings (SSSR count). The number of carbonyl (C=O) groups is 2. The van der Waals surface area contributed by atoms with Gasteiger partial charge in [-0.3, -0.25) is 4.79 Å². The molecule has 1 atom stereocenters. The van der Waals surface area contributed by atoms with Crippen molar-refractivity contribution in [1.82, 2.24) is 5.32 Å². The predicted octanol–water partition coefficient (Wildman–Crippen LogP) is 1.32. The second kappa shape index (κ2) is 5.96. The van der Waals surface area contributed by atoms with Crippen molar-refractivity contribution >= 4 is 12.2 Å². The first-order chi connectivity index (χ1) is 7.22. The minimum absolute atomic E-state index is 0.167. The predicted molar refractivity (Wildman–Crippen MR) is 58.4 cm³/mol. The minimum atomic E-state index is -0.372. The zero-order valence-corrected chi connectivity index (χ0v) is 8.77. The van der Waals surface area contributed by atoms with Gasteiger partial charge in [0.05, 0.1) is 6.04 Å². The second-order valence-corrected chi connectivity index (χ2v) is 3.47. The third-order valence-corrected chi connectivity index (χ3v) is 2.14. The second-order valence-electron chi connectivity index (χ2n) is 3.47. The maximum atomic E-state index is 10.8. The lowest BCUT2D eigenvalue weighted by Crippen LogP contribution is -2.34. The van der Waals surface area contributed by atoms with Crippen molar-refractivity contribution in [3.8, 4) is 0 Å². The van der Waals surface area contributed by atoms with E-state index in [-0.39, 0.29) is 11.9 Å². The molecule has 1 aromatic carbocycles. The average Bonchev–Trinajstić information content (AvgIpc) is 2.25. The number of aldehydes is 1. The standard InChI is InChI=1S/C12H15NO2/c1-10(15)13-12(9-14)8-7-11-5-3-2-4-6-11/h2-6,9,12H,7-8H2,1H3,(H,13,15)/t12-/m0/s1. The number of aryl methyl sites for hydroxylation is 1. The summed E-state index contributed by atoms with van der Waals surface area (Å²) in [5.74, 6) is -0.167. The number of rotatable bonds is 5. The van der Waals surface area contributed by atoms with Gasteiger partial charge in [0.15, 0.2) is 0 Å². The first kappa shape index (κ1) is 11.4. The van der Waals surface area contributed by atoms with Crippen LogP contribution in [0.1, 0.15) is 18.9 Å². The Hall–Kier alpha value is -1.64. The molecule has 0 radical (unpaired) electrons. The van der Waals surface area contributed by atoms with E-state index >= 15 is 0 Å². The van der Waals surface area contributed by atoms with Crippen LogP contribution in [0.5, 0.6) is 0 Å². The van der Waals surface area contributed by atoms with E-state index in [0.717, 1.165) is 12.7 Å². The van der Waals surface area contributed by atoms with Gasteiger partial charge in [0.1, 0.15) is 6.29 Å². The number of hydrogen-bond donors (Lipinski definition) is 1. The quantitative estimate of drug-likeness (QED) is 0.737. The van der Waals surface area contributed by atoms with Gasteiger partial charge in [0, 0.05) is 6.92 Å². The molecule has 0 aliphatic heterocycles. The Morgan fingerprint density at radius 2 is 2.07 bits per heavy atom. The third-order valence-electron chi connectivity index (χ3n) is 2.14. The molecule has 0 aliphatic carbocycles. The van der Waals surface area contributed by atoms with Crippen molar-refractivity contribution in [2.45, 2.75) is 25.8 Å². The van der Waals surface area contributed by atoms with Crippen LogP contribution in [0, 0.1) is 0 Å². The van der Waals surface area contributed by atoms with Gasteiger partial charge in [0.2, 0.25) is 5.91 Å². The van der Waals surface area contributed by atoms with Gasteiger partial charge >= 0.3 is 0 Å². The van der Waals surface area contributed by atoms with Gasteiger partial charge in [-0.2, -0.15) is 0 Å². The molecular weight excluding hydrogens is 190 g/mol. The largest absolute Gasteiger partial charge is 0.347 e. The van der Waals surface area contributed by atoms with E-state index in [4.69, 9.17) is 0 Å². The van der Waals surface area contributed by atoms with E-state index in [9.17, 15) is 9.59 Å². The summed E-state index contributed by atoms with van der Waals surface area (Å²) in [4.78, 5) is 21.4. The molecule has 1 N–H and O–H groups in total. The average molecular weight is 205 g/mol. The van der Waals surface area contributed by atoms with Gasteiger partial charge in [-0.25, -0.2) is 0 Å². The van der Waals surface area contributed by atoms with Gasteiger partial charge in [-0.05, 0) is 18.4 Å². The highest BCUT2D eigenvalue weighted by atomic mass is 16.2. The molecular formula is C12H15NO2. The van der Waals surface area contributed by atoms with E-state index in [1.54, 1.807) is 0 Å². The zero-order chi connectivity index (χ0) is 11.1. The Morgan fingerprint density at radius 1 is 1.40 bits per heavy atom. The maximum Gasteiger partial charge on any atom is 0.217 e. The summed E-state index contributed by atoms with van der Waals surface area (Å²) in [5.41, 5.74) is 1.18. The molecule has 0 aromatic heterocycles. The molecule has 3 heteroatoms. The number of amides is 1. The summed E-state index contributed by atoms with van der Waals surface area (Å²) in [6, 6.07) is 9.52. The normalized spacial score (nSPS) is 11.8. The van der Waals surface area contributed by atoms with Crippen LogP contribution < -0.4 is 5.32 Å². The van der Waals surface area contributed by atoms with Crippen molar-refractivity contribution in [3.05, 3.63) is 35.9 Å². The van der Waals surface area contributed by atoms with Gasteiger partial charge in [-0.15, -0.1) is 0 Å². The lowest BCUT2D eigenvalue weighted by molar-refractivity contribution is -0.122. The molecule has 80 valence electrons. The van der Waals surface area contributed by atoms with Crippen LogP contribution in [-0.4, -0.2) is 18.2 Å². The van der Waals surface area contributed by atoms with E-state index in [1.807, 2.05) is 30.3 Å². The third kappa shape index (κ3) is 4.40. The Labute approximate surface area is 89.5 Å². The highest BCUT2D eigenvalue weighted by Crippen LogP contribution is 2.03. The summed E-state index contributed by atoms with van der Waals surface area (Å²) in [6.07, 6.45) is 2.22. The Balaban J connectivity index is 2.41. The number of benzene rings is 1. The lowest BCUT2D eigenvalue weighted by Gasteiger charge is -2.10. The van der Waals surface area contributed by atoms with Crippen LogP contribution in [0.3, 0.4) is 0 Å². The molecule has 0 spiro atoms. The number of hydrogen-bond acceptors (Lipinski definition) is 2. The molecule has 3 nitrogen and oxygen atoms in total. The molecule has 1 amide bonds. The zero-order valence-electron chi connectivity index (χ0n) is 8.77. The highest BCUT2D eigenvalue weighted by molar-refractivity contribution is 5.77. The van der Waals surface area contributed by atoms with Crippen LogP contribution in [-0.2, 0) is 16.0 Å². The Morgan fingerprint density at radius 3 is 2.60 bits per heavy atom. The molecule has 0 unspecified atom stereocenters. The summed E-state index contributed by atoms with van der Waals surface area (Å²) in [7, 11) is 0. The van der Waals surface area contributed by atoms with Crippen LogP contribution in [0.2, 0.25) is 0 Å². The summed E-state index contributed by atoms with van der Waals surface area (Å²) >= 11 is 0. The van der Waals surface area contributed by atoms with Crippen LogP contribution in [0.15, 0.2) is 30.3 Å². The fraction of sp³-hybridized carbons (Fsp3) is 0.333.